The standard InChI is InChI=1S/C24H28N2O5Si/c1-24(2,3)32(17-10-6-4-7-11-17,18-12-8-5-9-13-18)31-19-16-30-22(21(19)28)26-15-14-20(27)25-23(26)29/h4-15,19,21-22,28H,16H2,1-3H3,(H,25,27,29)/t19-,21+,22+/m0/s1. The third-order valence-corrected chi connectivity index (χ3v) is 11.0. The minimum absolute atomic E-state index is 0.127. The lowest BCUT2D eigenvalue weighted by molar-refractivity contribution is -0.0197. The molecule has 2 heterocycles. The number of ether oxygens (including phenoxy) is 1. The Morgan fingerprint density at radius 2 is 1.56 bits per heavy atom. The lowest BCUT2D eigenvalue weighted by atomic mass is 10.2. The zero-order valence-electron chi connectivity index (χ0n) is 18.4. The molecule has 1 aliphatic heterocycles. The molecule has 1 aliphatic rings. The number of hydrogen-bond acceptors (Lipinski definition) is 5. The molecule has 1 aromatic heterocycles. The molecule has 2 aromatic carbocycles. The maximum atomic E-state index is 12.3. The van der Waals surface area contributed by atoms with Crippen LogP contribution >= 0.6 is 0 Å². The molecular formula is C24H28N2O5Si. The van der Waals surface area contributed by atoms with E-state index in [4.69, 9.17) is 9.16 Å². The Bertz CT molecular complexity index is 1130. The molecule has 0 aliphatic carbocycles. The quantitative estimate of drug-likeness (QED) is 0.571. The molecule has 2 N–H and O–H groups in total. The number of benzene rings is 2. The van der Waals surface area contributed by atoms with E-state index in [1.807, 2.05) is 36.4 Å². The maximum Gasteiger partial charge on any atom is 0.330 e. The van der Waals surface area contributed by atoms with Crippen molar-refractivity contribution in [2.45, 2.75) is 44.2 Å². The van der Waals surface area contributed by atoms with E-state index in [0.717, 1.165) is 10.4 Å². The Morgan fingerprint density at radius 3 is 2.06 bits per heavy atom. The van der Waals surface area contributed by atoms with Gasteiger partial charge in [-0.15, -0.1) is 0 Å². The summed E-state index contributed by atoms with van der Waals surface area (Å²) in [6.07, 6.45) is -1.34. The number of nitrogens with one attached hydrogen (secondary N) is 1. The number of rotatable bonds is 5. The van der Waals surface area contributed by atoms with Crippen LogP contribution in [-0.4, -0.2) is 41.8 Å². The molecule has 0 amide bonds. The van der Waals surface area contributed by atoms with Crippen molar-refractivity contribution in [2.24, 2.45) is 0 Å². The molecule has 8 heteroatoms. The minimum atomic E-state index is -2.89. The molecule has 1 saturated heterocycles. The van der Waals surface area contributed by atoms with Gasteiger partial charge in [0.05, 0.1) is 12.7 Å². The average molecular weight is 453 g/mol. The highest BCUT2D eigenvalue weighted by molar-refractivity contribution is 6.99. The summed E-state index contributed by atoms with van der Waals surface area (Å²) in [6, 6.07) is 21.5. The summed E-state index contributed by atoms with van der Waals surface area (Å²) in [5, 5.41) is 13.1. The smallest absolute Gasteiger partial charge is 0.330 e. The fraction of sp³-hybridized carbons (Fsp3) is 0.333. The van der Waals surface area contributed by atoms with Crippen LogP contribution in [0.3, 0.4) is 0 Å². The first kappa shape index (κ1) is 22.4. The molecule has 0 spiro atoms. The van der Waals surface area contributed by atoms with Crippen molar-refractivity contribution in [1.82, 2.24) is 9.55 Å². The summed E-state index contributed by atoms with van der Waals surface area (Å²) in [5.41, 5.74) is -1.13. The fourth-order valence-electron chi connectivity index (χ4n) is 4.47. The van der Waals surface area contributed by atoms with Gasteiger partial charge in [0.15, 0.2) is 6.23 Å². The fourth-order valence-corrected chi connectivity index (χ4v) is 9.15. The van der Waals surface area contributed by atoms with Crippen LogP contribution in [0, 0.1) is 0 Å². The van der Waals surface area contributed by atoms with E-state index in [2.05, 4.69) is 50.0 Å². The van der Waals surface area contributed by atoms with Gasteiger partial charge in [-0.05, 0) is 15.4 Å². The number of nitrogens with zero attached hydrogens (tertiary/aromatic N) is 1. The number of hydrogen-bond donors (Lipinski definition) is 2. The third kappa shape index (κ3) is 3.90. The summed E-state index contributed by atoms with van der Waals surface area (Å²) in [5.74, 6) is 0. The second-order valence-corrected chi connectivity index (χ2v) is 13.3. The molecule has 3 atom stereocenters. The third-order valence-electron chi connectivity index (χ3n) is 5.97. The molecule has 4 rings (SSSR count). The summed E-state index contributed by atoms with van der Waals surface area (Å²) >= 11 is 0. The molecule has 1 fully saturated rings. The van der Waals surface area contributed by atoms with Crippen LogP contribution in [0.1, 0.15) is 27.0 Å². The van der Waals surface area contributed by atoms with E-state index in [-0.39, 0.29) is 11.6 Å². The summed E-state index contributed by atoms with van der Waals surface area (Å²) in [6.45, 7) is 6.60. The second kappa shape index (κ2) is 8.63. The van der Waals surface area contributed by atoms with Crippen molar-refractivity contribution in [3.8, 4) is 0 Å². The highest BCUT2D eigenvalue weighted by Gasteiger charge is 2.54. The zero-order chi connectivity index (χ0) is 22.9. The molecule has 168 valence electrons. The van der Waals surface area contributed by atoms with E-state index in [9.17, 15) is 14.7 Å². The Balaban J connectivity index is 1.77. The Hall–Kier alpha value is -2.78. The Labute approximate surface area is 187 Å². The molecule has 3 aromatic rings. The highest BCUT2D eigenvalue weighted by atomic mass is 28.4. The summed E-state index contributed by atoms with van der Waals surface area (Å²) < 4.78 is 13.9. The first-order chi connectivity index (χ1) is 15.2. The first-order valence-corrected chi connectivity index (χ1v) is 12.5. The van der Waals surface area contributed by atoms with E-state index in [0.29, 0.717) is 0 Å². The predicted octanol–water partition coefficient (Wildman–Crippen LogP) is 1.37. The maximum absolute atomic E-state index is 12.3. The van der Waals surface area contributed by atoms with Gasteiger partial charge in [-0.3, -0.25) is 14.3 Å². The van der Waals surface area contributed by atoms with Gasteiger partial charge in [0, 0.05) is 12.3 Å². The lowest BCUT2D eigenvalue weighted by Gasteiger charge is -2.44. The van der Waals surface area contributed by atoms with Crippen LogP contribution in [-0.2, 0) is 9.16 Å². The van der Waals surface area contributed by atoms with Crippen LogP contribution in [0.2, 0.25) is 5.04 Å². The first-order valence-electron chi connectivity index (χ1n) is 10.6. The number of aliphatic hydroxyl groups excluding tert-OH is 1. The van der Waals surface area contributed by atoms with Crippen LogP contribution in [0.4, 0.5) is 0 Å². The monoisotopic (exact) mass is 452 g/mol. The van der Waals surface area contributed by atoms with Gasteiger partial charge >= 0.3 is 5.69 Å². The van der Waals surface area contributed by atoms with Crippen LogP contribution in [0.5, 0.6) is 0 Å². The Kier molecular flexibility index (Phi) is 6.04. The van der Waals surface area contributed by atoms with Crippen molar-refractivity contribution in [3.05, 3.63) is 93.8 Å². The van der Waals surface area contributed by atoms with E-state index in [1.165, 1.54) is 16.8 Å². The molecule has 0 bridgehead atoms. The normalized spacial score (nSPS) is 21.6. The molecule has 7 nitrogen and oxygen atoms in total. The van der Waals surface area contributed by atoms with Gasteiger partial charge in [-0.2, -0.15) is 0 Å². The molecule has 0 saturated carbocycles. The van der Waals surface area contributed by atoms with Crippen molar-refractivity contribution < 1.29 is 14.3 Å². The number of aromatic amines is 1. The van der Waals surface area contributed by atoms with E-state index < -0.39 is 38.0 Å². The van der Waals surface area contributed by atoms with Gasteiger partial charge in [0.2, 0.25) is 0 Å². The van der Waals surface area contributed by atoms with Crippen molar-refractivity contribution in [3.63, 3.8) is 0 Å². The van der Waals surface area contributed by atoms with Crippen LogP contribution in [0.25, 0.3) is 0 Å². The zero-order valence-corrected chi connectivity index (χ0v) is 19.4. The second-order valence-electron chi connectivity index (χ2n) is 9.05. The largest absolute Gasteiger partial charge is 0.399 e. The van der Waals surface area contributed by atoms with Gasteiger partial charge in [0.1, 0.15) is 6.10 Å². The topological polar surface area (TPSA) is 93.5 Å². The van der Waals surface area contributed by atoms with Gasteiger partial charge < -0.3 is 14.3 Å². The average Bonchev–Trinajstić information content (AvgIpc) is 3.12. The van der Waals surface area contributed by atoms with Gasteiger partial charge in [-0.25, -0.2) is 4.79 Å². The molecule has 32 heavy (non-hydrogen) atoms. The molecular weight excluding hydrogens is 424 g/mol. The van der Waals surface area contributed by atoms with Crippen LogP contribution in [0.15, 0.2) is 82.5 Å². The van der Waals surface area contributed by atoms with Gasteiger partial charge in [-0.1, -0.05) is 81.4 Å². The molecule has 0 unspecified atom stereocenters. The molecule has 0 radical (unpaired) electrons. The SMILES string of the molecule is CC(C)(C)[Si](O[C@H]1CO[C@@H](n2ccc(=O)[nH]c2=O)[C@@H]1O)(c1ccccc1)c1ccccc1. The van der Waals surface area contributed by atoms with E-state index >= 15 is 0 Å². The minimum Gasteiger partial charge on any atom is -0.399 e. The van der Waals surface area contributed by atoms with Gasteiger partial charge in [0.25, 0.3) is 13.9 Å². The lowest BCUT2D eigenvalue weighted by Crippen LogP contribution is -2.68. The van der Waals surface area contributed by atoms with Crippen molar-refractivity contribution >= 4 is 18.7 Å². The van der Waals surface area contributed by atoms with Crippen molar-refractivity contribution in [1.29, 1.82) is 0 Å². The van der Waals surface area contributed by atoms with Crippen molar-refractivity contribution in [2.75, 3.05) is 6.61 Å². The summed E-state index contributed by atoms with van der Waals surface area (Å²) in [4.78, 5) is 25.9. The van der Waals surface area contributed by atoms with Crippen LogP contribution < -0.4 is 21.6 Å². The Morgan fingerprint density at radius 1 is 1.00 bits per heavy atom. The summed E-state index contributed by atoms with van der Waals surface area (Å²) in [7, 11) is -2.89. The number of aliphatic hydroxyl groups is 1. The number of aromatic nitrogens is 2. The number of H-pyrrole nitrogens is 1. The predicted molar refractivity (Wildman–Crippen MR) is 125 cm³/mol. The van der Waals surface area contributed by atoms with E-state index in [1.54, 1.807) is 0 Å². The highest BCUT2D eigenvalue weighted by Crippen LogP contribution is 2.39.